The third-order valence-electron chi connectivity index (χ3n) is 6.14. The number of aromatic nitrogens is 2. The second-order valence-corrected chi connectivity index (χ2v) is 8.37. The van der Waals surface area contributed by atoms with Crippen LogP contribution >= 0.6 is 0 Å². The molecule has 160 valence electrons. The number of piperidine rings is 1. The number of fused-ring (bicyclic) bond motifs is 1. The van der Waals surface area contributed by atoms with E-state index >= 15 is 0 Å². The van der Waals surface area contributed by atoms with Gasteiger partial charge in [0.1, 0.15) is 5.82 Å². The minimum absolute atomic E-state index is 0.136. The maximum absolute atomic E-state index is 13.3. The number of aryl methyl sites for hydroxylation is 1. The minimum atomic E-state index is 0.136. The molecule has 1 aromatic heterocycles. The zero-order valence-corrected chi connectivity index (χ0v) is 18.6. The van der Waals surface area contributed by atoms with Crippen LogP contribution in [0, 0.1) is 5.92 Å². The molecule has 0 bridgehead atoms. The second kappa shape index (κ2) is 10.8. The highest BCUT2D eigenvalue weighted by molar-refractivity contribution is 5.79. The van der Waals surface area contributed by atoms with E-state index in [-0.39, 0.29) is 5.92 Å². The molecule has 1 saturated heterocycles. The first-order valence-electron chi connectivity index (χ1n) is 11.6. The van der Waals surface area contributed by atoms with Crippen LogP contribution < -0.4 is 0 Å². The summed E-state index contributed by atoms with van der Waals surface area (Å²) in [4.78, 5) is 22.7. The number of hydrogen-bond acceptors (Lipinski definition) is 3. The van der Waals surface area contributed by atoms with Crippen molar-refractivity contribution in [3.8, 4) is 0 Å². The molecule has 5 nitrogen and oxygen atoms in total. The van der Waals surface area contributed by atoms with Gasteiger partial charge in [-0.25, -0.2) is 4.98 Å². The lowest BCUT2D eigenvalue weighted by Crippen LogP contribution is -2.45. The lowest BCUT2D eigenvalue weighted by atomic mass is 9.96. The van der Waals surface area contributed by atoms with Gasteiger partial charge in [0.25, 0.3) is 0 Å². The van der Waals surface area contributed by atoms with Gasteiger partial charge in [0.15, 0.2) is 0 Å². The van der Waals surface area contributed by atoms with E-state index in [2.05, 4.69) is 59.4 Å². The smallest absolute Gasteiger partial charge is 0.226 e. The van der Waals surface area contributed by atoms with Crippen molar-refractivity contribution >= 4 is 16.9 Å². The number of hydrogen-bond donors (Lipinski definition) is 0. The molecule has 29 heavy (non-hydrogen) atoms. The Bertz CT molecular complexity index is 776. The molecule has 0 spiro atoms. The quantitative estimate of drug-likeness (QED) is 0.583. The highest BCUT2D eigenvalue weighted by Gasteiger charge is 2.29. The molecule has 0 aliphatic carbocycles. The van der Waals surface area contributed by atoms with E-state index in [0.717, 1.165) is 89.1 Å². The van der Waals surface area contributed by atoms with Gasteiger partial charge in [-0.3, -0.25) is 9.69 Å². The SMILES string of the molecule is CCCCN(CCCC)C(=O)[C@H]1CCCN(Cc2nc3ccccc3n2CC)C1. The van der Waals surface area contributed by atoms with E-state index in [1.807, 2.05) is 0 Å². The number of carbonyl (C=O) groups excluding carboxylic acids is 1. The maximum atomic E-state index is 13.3. The van der Waals surface area contributed by atoms with Crippen molar-refractivity contribution < 1.29 is 4.79 Å². The van der Waals surface area contributed by atoms with Gasteiger partial charge >= 0.3 is 0 Å². The van der Waals surface area contributed by atoms with Crippen molar-refractivity contribution in [2.75, 3.05) is 26.2 Å². The first-order chi connectivity index (χ1) is 14.2. The summed E-state index contributed by atoms with van der Waals surface area (Å²) in [5.41, 5.74) is 2.28. The molecule has 2 heterocycles. The molecule has 1 fully saturated rings. The highest BCUT2D eigenvalue weighted by atomic mass is 16.2. The summed E-state index contributed by atoms with van der Waals surface area (Å²) in [6, 6.07) is 8.37. The van der Waals surface area contributed by atoms with Crippen LogP contribution in [-0.2, 0) is 17.9 Å². The van der Waals surface area contributed by atoms with Crippen LogP contribution in [0.3, 0.4) is 0 Å². The van der Waals surface area contributed by atoms with E-state index in [9.17, 15) is 4.79 Å². The fraction of sp³-hybridized carbons (Fsp3) is 0.667. The Labute approximate surface area is 176 Å². The molecular formula is C24H38N4O. The maximum Gasteiger partial charge on any atom is 0.226 e. The average Bonchev–Trinajstić information content (AvgIpc) is 3.10. The fourth-order valence-corrected chi connectivity index (χ4v) is 4.49. The molecular weight excluding hydrogens is 360 g/mol. The zero-order valence-electron chi connectivity index (χ0n) is 18.6. The van der Waals surface area contributed by atoms with Crippen molar-refractivity contribution in [2.45, 2.75) is 72.4 Å². The summed E-state index contributed by atoms with van der Waals surface area (Å²) in [7, 11) is 0. The molecule has 2 aromatic rings. The average molecular weight is 399 g/mol. The highest BCUT2D eigenvalue weighted by Crippen LogP contribution is 2.23. The number of imidazole rings is 1. The van der Waals surface area contributed by atoms with Crippen molar-refractivity contribution in [2.24, 2.45) is 5.92 Å². The Morgan fingerprint density at radius 1 is 1.14 bits per heavy atom. The fourth-order valence-electron chi connectivity index (χ4n) is 4.49. The number of amides is 1. The van der Waals surface area contributed by atoms with E-state index in [1.165, 1.54) is 5.52 Å². The van der Waals surface area contributed by atoms with Crippen molar-refractivity contribution in [3.05, 3.63) is 30.1 Å². The Morgan fingerprint density at radius 3 is 2.55 bits per heavy atom. The number of carbonyl (C=O) groups is 1. The van der Waals surface area contributed by atoms with Gasteiger partial charge in [0, 0.05) is 26.2 Å². The van der Waals surface area contributed by atoms with Crippen molar-refractivity contribution in [1.82, 2.24) is 19.4 Å². The lowest BCUT2D eigenvalue weighted by molar-refractivity contribution is -0.137. The minimum Gasteiger partial charge on any atom is -0.342 e. The first-order valence-corrected chi connectivity index (χ1v) is 11.6. The molecule has 5 heteroatoms. The third kappa shape index (κ3) is 5.39. The Morgan fingerprint density at radius 2 is 1.86 bits per heavy atom. The molecule has 1 aromatic carbocycles. The molecule has 0 saturated carbocycles. The molecule has 1 aliphatic rings. The van der Waals surface area contributed by atoms with Crippen LogP contribution in [0.25, 0.3) is 11.0 Å². The van der Waals surface area contributed by atoms with Crippen LogP contribution in [0.2, 0.25) is 0 Å². The molecule has 1 amide bonds. The van der Waals surface area contributed by atoms with Crippen LogP contribution in [-0.4, -0.2) is 51.4 Å². The van der Waals surface area contributed by atoms with Gasteiger partial charge in [-0.2, -0.15) is 0 Å². The predicted molar refractivity (Wildman–Crippen MR) is 120 cm³/mol. The normalized spacial score (nSPS) is 17.7. The molecule has 1 atom stereocenters. The van der Waals surface area contributed by atoms with Gasteiger partial charge in [0.2, 0.25) is 5.91 Å². The topological polar surface area (TPSA) is 41.4 Å². The summed E-state index contributed by atoms with van der Waals surface area (Å²) in [5, 5.41) is 0. The number of benzene rings is 1. The summed E-state index contributed by atoms with van der Waals surface area (Å²) in [5.74, 6) is 1.63. The van der Waals surface area contributed by atoms with E-state index in [0.29, 0.717) is 5.91 Å². The van der Waals surface area contributed by atoms with Gasteiger partial charge in [-0.1, -0.05) is 38.8 Å². The number of likely N-dealkylation sites (tertiary alicyclic amines) is 1. The first kappa shape index (κ1) is 21.8. The van der Waals surface area contributed by atoms with Gasteiger partial charge in [0.05, 0.1) is 23.5 Å². The van der Waals surface area contributed by atoms with Crippen molar-refractivity contribution in [3.63, 3.8) is 0 Å². The monoisotopic (exact) mass is 398 g/mol. The van der Waals surface area contributed by atoms with Gasteiger partial charge in [-0.15, -0.1) is 0 Å². The van der Waals surface area contributed by atoms with Crippen molar-refractivity contribution in [1.29, 1.82) is 0 Å². The van der Waals surface area contributed by atoms with Crippen LogP contribution in [0.5, 0.6) is 0 Å². The number of para-hydroxylation sites is 2. The summed E-state index contributed by atoms with van der Waals surface area (Å²) in [6.07, 6.45) is 6.60. The Hall–Kier alpha value is -1.88. The zero-order chi connectivity index (χ0) is 20.6. The molecule has 0 N–H and O–H groups in total. The Balaban J connectivity index is 1.67. The predicted octanol–water partition coefficient (Wildman–Crippen LogP) is 4.70. The number of unbranched alkanes of at least 4 members (excludes halogenated alkanes) is 2. The Kier molecular flexibility index (Phi) is 8.10. The van der Waals surface area contributed by atoms with Gasteiger partial charge < -0.3 is 9.47 Å². The summed E-state index contributed by atoms with van der Waals surface area (Å²) in [6.45, 7) is 12.1. The lowest BCUT2D eigenvalue weighted by Gasteiger charge is -2.35. The van der Waals surface area contributed by atoms with E-state index in [4.69, 9.17) is 4.98 Å². The largest absolute Gasteiger partial charge is 0.342 e. The van der Waals surface area contributed by atoms with Crippen LogP contribution in [0.4, 0.5) is 0 Å². The van der Waals surface area contributed by atoms with E-state index in [1.54, 1.807) is 0 Å². The van der Waals surface area contributed by atoms with Gasteiger partial charge in [-0.05, 0) is 51.3 Å². The molecule has 3 rings (SSSR count). The third-order valence-corrected chi connectivity index (χ3v) is 6.14. The van der Waals surface area contributed by atoms with Crippen LogP contribution in [0.1, 0.15) is 65.1 Å². The van der Waals surface area contributed by atoms with Crippen LogP contribution in [0.15, 0.2) is 24.3 Å². The molecule has 0 radical (unpaired) electrons. The summed E-state index contributed by atoms with van der Waals surface area (Å²) >= 11 is 0. The number of rotatable bonds is 10. The second-order valence-electron chi connectivity index (χ2n) is 8.37. The number of nitrogens with zero attached hydrogens (tertiary/aromatic N) is 4. The molecule has 1 aliphatic heterocycles. The van der Waals surface area contributed by atoms with E-state index < -0.39 is 0 Å². The standard InChI is InChI=1S/C24H38N4O/c1-4-7-16-27(17-8-5-2)24(29)20-12-11-15-26(18-20)19-23-25-21-13-9-10-14-22(21)28(23)6-3/h9-10,13-14,20H,4-8,11-12,15-19H2,1-3H3/t20-/m0/s1. The molecule has 0 unspecified atom stereocenters. The summed E-state index contributed by atoms with van der Waals surface area (Å²) < 4.78 is 2.32.